The predicted octanol–water partition coefficient (Wildman–Crippen LogP) is 1.31. The number of hydrogen-bond acceptors (Lipinski definition) is 6. The van der Waals surface area contributed by atoms with E-state index in [2.05, 4.69) is 10.1 Å². The second-order valence-electron chi connectivity index (χ2n) is 5.65. The van der Waals surface area contributed by atoms with Gasteiger partial charge in [-0.15, -0.1) is 0 Å². The molecule has 1 N–H and O–H groups in total. The number of alkyl carbamates (subject to hydrolysis) is 1. The minimum Gasteiger partial charge on any atom is -0.469 e. The van der Waals surface area contributed by atoms with E-state index in [0.717, 1.165) is 0 Å². The highest BCUT2D eigenvalue weighted by Crippen LogP contribution is 2.16. The fourth-order valence-corrected chi connectivity index (χ4v) is 1.72. The monoisotopic (exact) mass is 299 g/mol. The summed E-state index contributed by atoms with van der Waals surface area (Å²) in [4.78, 5) is 33.9. The van der Waals surface area contributed by atoms with Crippen LogP contribution >= 0.6 is 0 Å². The number of hydrogen-bond donors (Lipinski definition) is 1. The van der Waals surface area contributed by atoms with Gasteiger partial charge in [-0.25, -0.2) is 4.79 Å². The molecular formula is C14H21NO6. The maximum absolute atomic E-state index is 11.6. The Hall–Kier alpha value is -2.05. The van der Waals surface area contributed by atoms with Crippen molar-refractivity contribution in [1.82, 2.24) is 5.32 Å². The number of ether oxygens (including phenoxy) is 3. The van der Waals surface area contributed by atoms with Crippen molar-refractivity contribution in [3.05, 3.63) is 12.2 Å². The minimum atomic E-state index is -0.658. The zero-order chi connectivity index (χ0) is 16.0. The maximum Gasteiger partial charge on any atom is 0.408 e. The Labute approximate surface area is 123 Å². The predicted molar refractivity (Wildman–Crippen MR) is 73.4 cm³/mol. The van der Waals surface area contributed by atoms with Gasteiger partial charge in [0.15, 0.2) is 0 Å². The summed E-state index contributed by atoms with van der Waals surface area (Å²) < 4.78 is 14.6. The van der Waals surface area contributed by atoms with Gasteiger partial charge in [0, 0.05) is 6.42 Å². The van der Waals surface area contributed by atoms with Crippen LogP contribution in [0.5, 0.6) is 0 Å². The molecule has 0 aliphatic heterocycles. The molecule has 118 valence electrons. The first-order chi connectivity index (χ1) is 9.69. The fourth-order valence-electron chi connectivity index (χ4n) is 1.72. The van der Waals surface area contributed by atoms with Gasteiger partial charge in [0.25, 0.3) is 0 Å². The molecule has 0 bridgehead atoms. The number of rotatable bonds is 4. The van der Waals surface area contributed by atoms with E-state index in [9.17, 15) is 14.4 Å². The van der Waals surface area contributed by atoms with Crippen LogP contribution in [-0.4, -0.2) is 42.9 Å². The minimum absolute atomic E-state index is 0.268. The van der Waals surface area contributed by atoms with Crippen molar-refractivity contribution in [3.63, 3.8) is 0 Å². The standard InChI is InChI=1S/C14H21NO6/c1-14(2,3)21-13(18)15-9-5-6-10(7-9)20-12(17)8-11(16)19-4/h5-6,9-10H,7-8H2,1-4H3,(H,15,18). The SMILES string of the molecule is COC(=O)CC(=O)OC1C=CC(NC(=O)OC(C)(C)C)C1. The van der Waals surface area contributed by atoms with E-state index < -0.39 is 36.2 Å². The maximum atomic E-state index is 11.6. The van der Waals surface area contributed by atoms with Crippen molar-refractivity contribution >= 4 is 18.0 Å². The van der Waals surface area contributed by atoms with Gasteiger partial charge in [-0.1, -0.05) is 6.08 Å². The second-order valence-corrected chi connectivity index (χ2v) is 5.65. The van der Waals surface area contributed by atoms with Crippen LogP contribution in [-0.2, 0) is 23.8 Å². The largest absolute Gasteiger partial charge is 0.469 e. The van der Waals surface area contributed by atoms with Crippen LogP contribution in [0.25, 0.3) is 0 Å². The van der Waals surface area contributed by atoms with Crippen LogP contribution in [0.15, 0.2) is 12.2 Å². The Morgan fingerprint density at radius 2 is 1.86 bits per heavy atom. The summed E-state index contributed by atoms with van der Waals surface area (Å²) in [5.41, 5.74) is -0.571. The first-order valence-electron chi connectivity index (χ1n) is 6.64. The van der Waals surface area contributed by atoms with Gasteiger partial charge >= 0.3 is 18.0 Å². The van der Waals surface area contributed by atoms with E-state index in [1.165, 1.54) is 7.11 Å². The molecule has 0 saturated heterocycles. The summed E-state index contributed by atoms with van der Waals surface area (Å²) in [6.07, 6.45) is 2.37. The van der Waals surface area contributed by atoms with Crippen molar-refractivity contribution in [2.24, 2.45) is 0 Å². The van der Waals surface area contributed by atoms with Gasteiger partial charge in [-0.2, -0.15) is 0 Å². The Morgan fingerprint density at radius 3 is 2.43 bits per heavy atom. The number of carbonyl (C=O) groups is 3. The number of methoxy groups -OCH3 is 1. The lowest BCUT2D eigenvalue weighted by Gasteiger charge is -2.21. The molecule has 0 fully saturated rings. The molecule has 1 aliphatic carbocycles. The van der Waals surface area contributed by atoms with Gasteiger partial charge in [-0.05, 0) is 26.8 Å². The van der Waals surface area contributed by atoms with Gasteiger partial charge in [0.05, 0.1) is 13.2 Å². The second kappa shape index (κ2) is 7.10. The van der Waals surface area contributed by atoms with E-state index in [1.54, 1.807) is 32.9 Å². The summed E-state index contributed by atoms with van der Waals surface area (Å²) in [5, 5.41) is 2.66. The van der Waals surface area contributed by atoms with E-state index in [1.807, 2.05) is 0 Å². The molecule has 0 aromatic heterocycles. The molecule has 0 radical (unpaired) electrons. The molecule has 1 aliphatic rings. The Bertz CT molecular complexity index is 437. The smallest absolute Gasteiger partial charge is 0.408 e. The molecule has 2 unspecified atom stereocenters. The average molecular weight is 299 g/mol. The summed E-state index contributed by atoms with van der Waals surface area (Å²) in [7, 11) is 1.20. The van der Waals surface area contributed by atoms with Crippen LogP contribution in [0.4, 0.5) is 4.79 Å². The van der Waals surface area contributed by atoms with E-state index >= 15 is 0 Å². The first kappa shape index (κ1) is 17.0. The van der Waals surface area contributed by atoms with Gasteiger partial charge in [0.1, 0.15) is 18.1 Å². The van der Waals surface area contributed by atoms with Crippen molar-refractivity contribution < 1.29 is 28.6 Å². The Balaban J connectivity index is 2.33. The lowest BCUT2D eigenvalue weighted by atomic mass is 10.2. The first-order valence-corrected chi connectivity index (χ1v) is 6.64. The lowest BCUT2D eigenvalue weighted by molar-refractivity contribution is -0.155. The highest BCUT2D eigenvalue weighted by Gasteiger charge is 2.26. The number of carbonyl (C=O) groups excluding carboxylic acids is 3. The van der Waals surface area contributed by atoms with Gasteiger partial charge in [0.2, 0.25) is 0 Å². The quantitative estimate of drug-likeness (QED) is 0.364. The molecule has 2 atom stereocenters. The van der Waals surface area contributed by atoms with Crippen LogP contribution in [0, 0.1) is 0 Å². The average Bonchev–Trinajstić information content (AvgIpc) is 2.73. The molecule has 0 saturated carbocycles. The number of nitrogens with one attached hydrogen (secondary N) is 1. The van der Waals surface area contributed by atoms with Crippen molar-refractivity contribution in [2.45, 2.75) is 51.4 Å². The number of amides is 1. The van der Waals surface area contributed by atoms with E-state index in [0.29, 0.717) is 6.42 Å². The highest BCUT2D eigenvalue weighted by molar-refractivity contribution is 5.91. The van der Waals surface area contributed by atoms with Crippen molar-refractivity contribution in [3.8, 4) is 0 Å². The van der Waals surface area contributed by atoms with E-state index in [4.69, 9.17) is 9.47 Å². The molecule has 0 heterocycles. The lowest BCUT2D eigenvalue weighted by Crippen LogP contribution is -2.38. The van der Waals surface area contributed by atoms with Crippen molar-refractivity contribution in [2.75, 3.05) is 7.11 Å². The number of esters is 2. The van der Waals surface area contributed by atoms with E-state index in [-0.39, 0.29) is 6.04 Å². The third kappa shape index (κ3) is 6.78. The summed E-state index contributed by atoms with van der Waals surface area (Å²) in [6, 6.07) is -0.268. The highest BCUT2D eigenvalue weighted by atomic mass is 16.6. The van der Waals surface area contributed by atoms with Gasteiger partial charge < -0.3 is 19.5 Å². The molecule has 7 heteroatoms. The molecule has 0 aromatic rings. The van der Waals surface area contributed by atoms with Gasteiger partial charge in [-0.3, -0.25) is 9.59 Å². The van der Waals surface area contributed by atoms with Crippen molar-refractivity contribution in [1.29, 1.82) is 0 Å². The molecule has 0 aromatic carbocycles. The Morgan fingerprint density at radius 1 is 1.19 bits per heavy atom. The fraction of sp³-hybridized carbons (Fsp3) is 0.643. The summed E-state index contributed by atoms with van der Waals surface area (Å²) in [6.45, 7) is 5.32. The summed E-state index contributed by atoms with van der Waals surface area (Å²) in [5.74, 6) is -1.31. The van der Waals surface area contributed by atoms with Crippen LogP contribution < -0.4 is 5.32 Å². The molecular weight excluding hydrogens is 278 g/mol. The van der Waals surface area contributed by atoms with Crippen LogP contribution in [0.1, 0.15) is 33.6 Å². The molecule has 7 nitrogen and oxygen atoms in total. The molecule has 1 amide bonds. The zero-order valence-electron chi connectivity index (χ0n) is 12.7. The third-order valence-corrected chi connectivity index (χ3v) is 2.55. The summed E-state index contributed by atoms with van der Waals surface area (Å²) >= 11 is 0. The molecule has 0 spiro atoms. The third-order valence-electron chi connectivity index (χ3n) is 2.55. The van der Waals surface area contributed by atoms with Crippen LogP contribution in [0.2, 0.25) is 0 Å². The van der Waals surface area contributed by atoms with Crippen LogP contribution in [0.3, 0.4) is 0 Å². The normalized spacial score (nSPS) is 20.8. The molecule has 1 rings (SSSR count). The molecule has 21 heavy (non-hydrogen) atoms. The zero-order valence-corrected chi connectivity index (χ0v) is 12.7. The topological polar surface area (TPSA) is 90.9 Å². The Kier molecular flexibility index (Phi) is 5.75.